The summed E-state index contributed by atoms with van der Waals surface area (Å²) in [5.74, 6) is 0.608. The van der Waals surface area contributed by atoms with E-state index in [0.29, 0.717) is 11.3 Å². The first-order chi connectivity index (χ1) is 15.1. The second-order valence-corrected chi connectivity index (χ2v) is 9.44. The molecule has 3 aliphatic rings. The van der Waals surface area contributed by atoms with E-state index in [1.807, 2.05) is 38.1 Å². The summed E-state index contributed by atoms with van der Waals surface area (Å²) >= 11 is 0. The molecule has 2 heterocycles. The molecule has 0 spiro atoms. The fourth-order valence-electron chi connectivity index (χ4n) is 5.20. The van der Waals surface area contributed by atoms with E-state index in [9.17, 15) is 9.59 Å². The number of carbonyl (C=O) groups is 2. The third-order valence-electron chi connectivity index (χ3n) is 6.72. The van der Waals surface area contributed by atoms with Crippen molar-refractivity contribution in [3.63, 3.8) is 0 Å². The van der Waals surface area contributed by atoms with Gasteiger partial charge in [0.25, 0.3) is 11.8 Å². The predicted molar refractivity (Wildman–Crippen MR) is 123 cm³/mol. The van der Waals surface area contributed by atoms with Gasteiger partial charge in [-0.1, -0.05) is 44.2 Å². The molecule has 2 amide bonds. The lowest BCUT2D eigenvalue weighted by Gasteiger charge is -2.31. The molecule has 5 heteroatoms. The van der Waals surface area contributed by atoms with Crippen molar-refractivity contribution in [1.29, 1.82) is 0 Å². The summed E-state index contributed by atoms with van der Waals surface area (Å²) in [5.41, 5.74) is 2.04. The zero-order chi connectivity index (χ0) is 21.8. The summed E-state index contributed by atoms with van der Waals surface area (Å²) in [6.07, 6.45) is 11.1. The van der Waals surface area contributed by atoms with Crippen LogP contribution >= 0.6 is 0 Å². The maximum absolute atomic E-state index is 13.7. The molecule has 1 aromatic carbocycles. The third kappa shape index (κ3) is 4.81. The van der Waals surface area contributed by atoms with E-state index in [2.05, 4.69) is 4.90 Å². The van der Waals surface area contributed by atoms with Crippen LogP contribution in [0, 0.1) is 0 Å². The number of hydrogen-bond donors (Lipinski definition) is 0. The van der Waals surface area contributed by atoms with Gasteiger partial charge in [-0.3, -0.25) is 14.5 Å². The quantitative estimate of drug-likeness (QED) is 0.613. The summed E-state index contributed by atoms with van der Waals surface area (Å²) in [7, 11) is 0. The summed E-state index contributed by atoms with van der Waals surface area (Å²) in [5, 5.41) is 0. The predicted octanol–water partition coefficient (Wildman–Crippen LogP) is 5.15. The Hall–Kier alpha value is -2.30. The third-order valence-corrected chi connectivity index (χ3v) is 6.72. The molecular formula is C26H36N2O3. The Morgan fingerprint density at radius 3 is 2.00 bits per heavy atom. The van der Waals surface area contributed by atoms with Gasteiger partial charge in [-0.2, -0.15) is 0 Å². The van der Waals surface area contributed by atoms with E-state index >= 15 is 0 Å². The summed E-state index contributed by atoms with van der Waals surface area (Å²) < 4.78 is 5.78. The molecule has 2 aliphatic heterocycles. The highest BCUT2D eigenvalue weighted by molar-refractivity contribution is 6.35. The molecule has 5 nitrogen and oxygen atoms in total. The SMILES string of the molecule is CC(C)Oc1ccc(C2=C(N3CCCCC3)C(=O)N(C3CCCCCCC3)C2=O)cc1. The average Bonchev–Trinajstić information content (AvgIpc) is 2.99. The van der Waals surface area contributed by atoms with Crippen molar-refractivity contribution in [3.8, 4) is 5.75 Å². The fourth-order valence-corrected chi connectivity index (χ4v) is 5.20. The van der Waals surface area contributed by atoms with Gasteiger partial charge in [0.05, 0.1) is 11.7 Å². The van der Waals surface area contributed by atoms with E-state index in [4.69, 9.17) is 4.74 Å². The van der Waals surface area contributed by atoms with Crippen molar-refractivity contribution in [2.24, 2.45) is 0 Å². The highest BCUT2D eigenvalue weighted by Crippen LogP contribution is 2.37. The van der Waals surface area contributed by atoms with Crippen LogP contribution in [0.15, 0.2) is 30.0 Å². The highest BCUT2D eigenvalue weighted by atomic mass is 16.5. The fraction of sp³-hybridized carbons (Fsp3) is 0.615. The number of rotatable bonds is 5. The molecule has 1 saturated carbocycles. The van der Waals surface area contributed by atoms with Crippen molar-refractivity contribution >= 4 is 17.4 Å². The first-order valence-electron chi connectivity index (χ1n) is 12.2. The van der Waals surface area contributed by atoms with Crippen LogP contribution in [0.5, 0.6) is 5.75 Å². The molecule has 1 saturated heterocycles. The summed E-state index contributed by atoms with van der Waals surface area (Å²) in [4.78, 5) is 31.2. The molecule has 0 aromatic heterocycles. The molecule has 31 heavy (non-hydrogen) atoms. The molecule has 4 rings (SSSR count). The molecule has 0 atom stereocenters. The maximum atomic E-state index is 13.7. The molecule has 0 radical (unpaired) electrons. The maximum Gasteiger partial charge on any atom is 0.278 e. The van der Waals surface area contributed by atoms with Crippen molar-refractivity contribution in [2.75, 3.05) is 13.1 Å². The number of ether oxygens (including phenoxy) is 1. The number of carbonyl (C=O) groups excluding carboxylic acids is 2. The first-order valence-corrected chi connectivity index (χ1v) is 12.2. The van der Waals surface area contributed by atoms with Gasteiger partial charge in [0, 0.05) is 19.1 Å². The monoisotopic (exact) mass is 424 g/mol. The van der Waals surface area contributed by atoms with Crippen molar-refractivity contribution in [1.82, 2.24) is 9.80 Å². The lowest BCUT2D eigenvalue weighted by atomic mass is 9.95. The molecule has 1 aromatic rings. The Labute approximate surface area is 186 Å². The Bertz CT molecular complexity index is 814. The van der Waals surface area contributed by atoms with E-state index in [0.717, 1.165) is 62.9 Å². The number of benzene rings is 1. The van der Waals surface area contributed by atoms with Crippen LogP contribution < -0.4 is 4.74 Å². The van der Waals surface area contributed by atoms with Gasteiger partial charge in [0.2, 0.25) is 0 Å². The molecule has 1 aliphatic carbocycles. The van der Waals surface area contributed by atoms with Crippen LogP contribution in [0.25, 0.3) is 5.57 Å². The van der Waals surface area contributed by atoms with Gasteiger partial charge in [0.1, 0.15) is 11.4 Å². The molecule has 0 unspecified atom stereocenters. The molecule has 0 N–H and O–H groups in total. The van der Waals surface area contributed by atoms with E-state index in [1.54, 1.807) is 4.90 Å². The van der Waals surface area contributed by atoms with Crippen molar-refractivity contribution in [2.45, 2.75) is 90.2 Å². The summed E-state index contributed by atoms with van der Waals surface area (Å²) in [6, 6.07) is 7.72. The lowest BCUT2D eigenvalue weighted by Crippen LogP contribution is -2.43. The molecule has 168 valence electrons. The summed E-state index contributed by atoms with van der Waals surface area (Å²) in [6.45, 7) is 5.70. The van der Waals surface area contributed by atoms with Gasteiger partial charge in [-0.05, 0) is 63.6 Å². The zero-order valence-electron chi connectivity index (χ0n) is 19.1. The number of hydrogen-bond acceptors (Lipinski definition) is 4. The van der Waals surface area contributed by atoms with E-state index in [1.165, 1.54) is 25.7 Å². The second-order valence-electron chi connectivity index (χ2n) is 9.44. The number of imide groups is 1. The first kappa shape index (κ1) is 21.9. The van der Waals surface area contributed by atoms with Gasteiger partial charge in [-0.15, -0.1) is 0 Å². The van der Waals surface area contributed by atoms with Gasteiger partial charge in [-0.25, -0.2) is 0 Å². The minimum absolute atomic E-state index is 0.0288. The normalized spacial score (nSPS) is 21.6. The molecule has 0 bridgehead atoms. The van der Waals surface area contributed by atoms with E-state index in [-0.39, 0.29) is 24.0 Å². The largest absolute Gasteiger partial charge is 0.491 e. The number of likely N-dealkylation sites (tertiary alicyclic amines) is 1. The van der Waals surface area contributed by atoms with Crippen molar-refractivity contribution in [3.05, 3.63) is 35.5 Å². The smallest absolute Gasteiger partial charge is 0.278 e. The highest BCUT2D eigenvalue weighted by Gasteiger charge is 2.44. The lowest BCUT2D eigenvalue weighted by molar-refractivity contribution is -0.140. The van der Waals surface area contributed by atoms with Gasteiger partial charge < -0.3 is 9.64 Å². The zero-order valence-corrected chi connectivity index (χ0v) is 19.1. The Balaban J connectivity index is 1.67. The van der Waals surface area contributed by atoms with Gasteiger partial charge in [0.15, 0.2) is 0 Å². The van der Waals surface area contributed by atoms with E-state index < -0.39 is 0 Å². The molecule has 2 fully saturated rings. The van der Waals surface area contributed by atoms with Crippen LogP contribution in [0.3, 0.4) is 0 Å². The minimum Gasteiger partial charge on any atom is -0.491 e. The number of amides is 2. The minimum atomic E-state index is -0.103. The standard InChI is InChI=1S/C26H36N2O3/c1-19(2)31-22-15-13-20(14-16-22)23-24(27-17-9-6-10-18-27)26(30)28(25(23)29)21-11-7-4-3-5-8-12-21/h13-16,19,21H,3-12,17-18H2,1-2H3. The second kappa shape index (κ2) is 9.88. The Morgan fingerprint density at radius 2 is 1.39 bits per heavy atom. The van der Waals surface area contributed by atoms with Crippen LogP contribution in [0.2, 0.25) is 0 Å². The molecular weight excluding hydrogens is 388 g/mol. The van der Waals surface area contributed by atoms with Crippen LogP contribution in [-0.4, -0.2) is 46.8 Å². The van der Waals surface area contributed by atoms with Gasteiger partial charge >= 0.3 is 0 Å². The van der Waals surface area contributed by atoms with Crippen LogP contribution in [0.4, 0.5) is 0 Å². The Kier molecular flexibility index (Phi) is 6.99. The Morgan fingerprint density at radius 1 is 0.806 bits per heavy atom. The number of piperidine rings is 1. The van der Waals surface area contributed by atoms with Crippen LogP contribution in [-0.2, 0) is 9.59 Å². The number of nitrogens with zero attached hydrogens (tertiary/aromatic N) is 2. The van der Waals surface area contributed by atoms with Crippen LogP contribution in [0.1, 0.15) is 83.6 Å². The van der Waals surface area contributed by atoms with Crippen molar-refractivity contribution < 1.29 is 14.3 Å². The topological polar surface area (TPSA) is 49.9 Å². The average molecular weight is 425 g/mol.